The highest BCUT2D eigenvalue weighted by Crippen LogP contribution is 2.09. The molecule has 0 radical (unpaired) electrons. The number of halogens is 1. The van der Waals surface area contributed by atoms with E-state index >= 15 is 0 Å². The van der Waals surface area contributed by atoms with Gasteiger partial charge >= 0.3 is 16.8 Å². The van der Waals surface area contributed by atoms with Gasteiger partial charge in [-0.05, 0) is 22.0 Å². The predicted octanol–water partition coefficient (Wildman–Crippen LogP) is -0.675. The number of H-pyrrole nitrogens is 2. The number of hydrogen-bond acceptors (Lipinski definition) is 3. The van der Waals surface area contributed by atoms with Gasteiger partial charge in [-0.2, -0.15) is 0 Å². The molecule has 0 saturated carbocycles. The third-order valence-corrected chi connectivity index (χ3v) is 2.32. The molecule has 7 heteroatoms. The summed E-state index contributed by atoms with van der Waals surface area (Å²) in [6.07, 6.45) is 1.58. The van der Waals surface area contributed by atoms with Gasteiger partial charge in [0.25, 0.3) is 0 Å². The molecule has 2 aromatic rings. The molecule has 0 amide bonds. The minimum Gasteiger partial charge on any atom is -0.301 e. The van der Waals surface area contributed by atoms with Gasteiger partial charge in [-0.3, -0.25) is 14.6 Å². The van der Waals surface area contributed by atoms with Crippen LogP contribution in [-0.4, -0.2) is 17.1 Å². The van der Waals surface area contributed by atoms with Gasteiger partial charge in [0, 0.05) is 4.73 Å². The molecule has 0 aliphatic carbocycles. The maximum absolute atomic E-state index is 11.5. The SMILES string of the molecule is CO[n+]1cc(Br)cc2[nH]c(=O)[nH]c(=O)c21. The minimum absolute atomic E-state index is 0.250. The number of nitrogens with zero attached hydrogens (tertiary/aromatic N) is 1. The molecular weight excluding hydrogens is 266 g/mol. The van der Waals surface area contributed by atoms with Crippen LogP contribution in [0, 0.1) is 0 Å². The van der Waals surface area contributed by atoms with Crippen LogP contribution < -0.4 is 20.8 Å². The van der Waals surface area contributed by atoms with Crippen molar-refractivity contribution < 1.29 is 9.57 Å². The second-order valence-electron chi connectivity index (χ2n) is 2.84. The first-order valence-corrected chi connectivity index (χ1v) is 4.83. The fraction of sp³-hybridized carbons (Fsp3) is 0.125. The van der Waals surface area contributed by atoms with Crippen LogP contribution >= 0.6 is 15.9 Å². The first-order chi connectivity index (χ1) is 7.11. The summed E-state index contributed by atoms with van der Waals surface area (Å²) in [5.41, 5.74) is -0.392. The van der Waals surface area contributed by atoms with E-state index in [0.717, 1.165) is 0 Å². The average Bonchev–Trinajstić information content (AvgIpc) is 2.14. The van der Waals surface area contributed by atoms with E-state index in [1.807, 2.05) is 0 Å². The second kappa shape index (κ2) is 3.50. The summed E-state index contributed by atoms with van der Waals surface area (Å²) in [7, 11) is 1.43. The van der Waals surface area contributed by atoms with Crippen molar-refractivity contribution in [1.82, 2.24) is 9.97 Å². The molecule has 0 saturated heterocycles. The van der Waals surface area contributed by atoms with Crippen LogP contribution in [0.2, 0.25) is 0 Å². The van der Waals surface area contributed by atoms with Crippen molar-refractivity contribution >= 4 is 27.0 Å². The first kappa shape index (κ1) is 9.91. The zero-order valence-corrected chi connectivity index (χ0v) is 9.29. The molecule has 2 aromatic heterocycles. The molecule has 0 bridgehead atoms. The van der Waals surface area contributed by atoms with Gasteiger partial charge in [0.1, 0.15) is 12.6 Å². The number of fused-ring (bicyclic) bond motifs is 1. The molecule has 2 rings (SSSR count). The highest BCUT2D eigenvalue weighted by atomic mass is 79.9. The Labute approximate surface area is 91.6 Å². The van der Waals surface area contributed by atoms with Crippen molar-refractivity contribution in [3.8, 4) is 0 Å². The lowest BCUT2D eigenvalue weighted by molar-refractivity contribution is -0.866. The number of pyridine rings is 1. The lowest BCUT2D eigenvalue weighted by Crippen LogP contribution is -2.45. The van der Waals surface area contributed by atoms with Gasteiger partial charge in [-0.15, -0.1) is 0 Å². The van der Waals surface area contributed by atoms with E-state index in [9.17, 15) is 9.59 Å². The Morgan fingerprint density at radius 2 is 2.13 bits per heavy atom. The fourth-order valence-electron chi connectivity index (χ4n) is 1.32. The minimum atomic E-state index is -0.548. The summed E-state index contributed by atoms with van der Waals surface area (Å²) in [6, 6.07) is 1.63. The molecule has 2 N–H and O–H groups in total. The molecule has 0 aliphatic rings. The molecule has 78 valence electrons. The van der Waals surface area contributed by atoms with Crippen molar-refractivity contribution in [3.05, 3.63) is 37.6 Å². The Morgan fingerprint density at radius 1 is 1.40 bits per heavy atom. The largest absolute Gasteiger partial charge is 0.345 e. The number of nitrogens with one attached hydrogen (secondary N) is 2. The van der Waals surface area contributed by atoms with Crippen LogP contribution in [0.1, 0.15) is 0 Å². The Bertz CT molecular complexity index is 631. The van der Waals surface area contributed by atoms with E-state index in [1.165, 1.54) is 11.8 Å². The highest BCUT2D eigenvalue weighted by molar-refractivity contribution is 9.10. The molecule has 0 unspecified atom stereocenters. The van der Waals surface area contributed by atoms with Gasteiger partial charge < -0.3 is 4.98 Å². The summed E-state index contributed by atoms with van der Waals surface area (Å²) in [5.74, 6) is 0. The van der Waals surface area contributed by atoms with E-state index in [-0.39, 0.29) is 5.52 Å². The van der Waals surface area contributed by atoms with Crippen molar-refractivity contribution in [2.75, 3.05) is 7.11 Å². The van der Waals surface area contributed by atoms with Gasteiger partial charge in [-0.25, -0.2) is 4.79 Å². The molecular formula is C8H7BrN3O3+. The summed E-state index contributed by atoms with van der Waals surface area (Å²) in [4.78, 5) is 32.1. The van der Waals surface area contributed by atoms with E-state index in [2.05, 4.69) is 25.9 Å². The molecule has 0 fully saturated rings. The van der Waals surface area contributed by atoms with Gasteiger partial charge in [0.05, 0.1) is 4.47 Å². The fourth-order valence-corrected chi connectivity index (χ4v) is 1.73. The lowest BCUT2D eigenvalue weighted by atomic mass is 10.4. The molecule has 6 nitrogen and oxygen atoms in total. The quantitative estimate of drug-likeness (QED) is 0.676. The molecule has 15 heavy (non-hydrogen) atoms. The third kappa shape index (κ3) is 1.65. The summed E-state index contributed by atoms with van der Waals surface area (Å²) in [5, 5.41) is 0. The molecule has 0 spiro atoms. The Balaban J connectivity index is 3.03. The van der Waals surface area contributed by atoms with E-state index in [1.54, 1.807) is 12.3 Å². The number of hydrogen-bond donors (Lipinski definition) is 2. The van der Waals surface area contributed by atoms with Crippen LogP contribution in [0.4, 0.5) is 0 Å². The Morgan fingerprint density at radius 3 is 2.80 bits per heavy atom. The maximum Gasteiger partial charge on any atom is 0.345 e. The summed E-state index contributed by atoms with van der Waals surface area (Å²) in [6.45, 7) is 0. The second-order valence-corrected chi connectivity index (χ2v) is 3.75. The number of aromatic nitrogens is 3. The zero-order chi connectivity index (χ0) is 11.0. The van der Waals surface area contributed by atoms with E-state index in [4.69, 9.17) is 4.84 Å². The van der Waals surface area contributed by atoms with Crippen LogP contribution in [0.5, 0.6) is 0 Å². The smallest absolute Gasteiger partial charge is 0.301 e. The van der Waals surface area contributed by atoms with Crippen molar-refractivity contribution in [3.63, 3.8) is 0 Å². The van der Waals surface area contributed by atoms with Crippen LogP contribution in [0.15, 0.2) is 26.3 Å². The monoisotopic (exact) mass is 272 g/mol. The number of aromatic amines is 2. The van der Waals surface area contributed by atoms with Gasteiger partial charge in [0.15, 0.2) is 0 Å². The maximum atomic E-state index is 11.5. The zero-order valence-electron chi connectivity index (χ0n) is 7.70. The average molecular weight is 273 g/mol. The Hall–Kier alpha value is -1.63. The van der Waals surface area contributed by atoms with Crippen molar-refractivity contribution in [1.29, 1.82) is 0 Å². The van der Waals surface area contributed by atoms with Gasteiger partial charge in [-0.1, -0.05) is 0 Å². The van der Waals surface area contributed by atoms with Crippen molar-refractivity contribution in [2.45, 2.75) is 0 Å². The Kier molecular flexibility index (Phi) is 2.31. The first-order valence-electron chi connectivity index (χ1n) is 4.04. The topological polar surface area (TPSA) is 78.8 Å². The van der Waals surface area contributed by atoms with E-state index in [0.29, 0.717) is 9.99 Å². The van der Waals surface area contributed by atoms with Crippen LogP contribution in [-0.2, 0) is 0 Å². The van der Waals surface area contributed by atoms with Crippen LogP contribution in [0.25, 0.3) is 11.0 Å². The van der Waals surface area contributed by atoms with Gasteiger partial charge in [0.2, 0.25) is 6.20 Å². The van der Waals surface area contributed by atoms with Crippen LogP contribution in [0.3, 0.4) is 0 Å². The van der Waals surface area contributed by atoms with Crippen molar-refractivity contribution in [2.24, 2.45) is 0 Å². The normalized spacial score (nSPS) is 10.5. The molecule has 0 atom stereocenters. The highest BCUT2D eigenvalue weighted by Gasteiger charge is 2.16. The summed E-state index contributed by atoms with van der Waals surface area (Å²) >= 11 is 3.24. The number of rotatable bonds is 1. The van der Waals surface area contributed by atoms with E-state index < -0.39 is 11.2 Å². The molecule has 2 heterocycles. The lowest BCUT2D eigenvalue weighted by Gasteiger charge is -1.96. The summed E-state index contributed by atoms with van der Waals surface area (Å²) < 4.78 is 1.96. The molecule has 0 aromatic carbocycles. The molecule has 0 aliphatic heterocycles. The third-order valence-electron chi connectivity index (χ3n) is 1.89. The standard InChI is InChI=1S/C8H6BrN3O3/c1-15-12-3-4(9)2-5-6(12)7(13)11-8(14)10-5/h2-3H,1H3,(H-,10,11,13,14)/p+1. The predicted molar refractivity (Wildman–Crippen MR) is 55.6 cm³/mol.